The molecule has 0 saturated heterocycles. The van der Waals surface area contributed by atoms with Gasteiger partial charge in [0.1, 0.15) is 5.82 Å². The van der Waals surface area contributed by atoms with E-state index in [1.807, 2.05) is 0 Å². The Morgan fingerprint density at radius 2 is 2.06 bits per heavy atom. The molecule has 2 rings (SSSR count). The van der Waals surface area contributed by atoms with Crippen LogP contribution in [-0.2, 0) is 0 Å². The Bertz CT molecular complexity index is 548. The van der Waals surface area contributed by atoms with Crippen LogP contribution in [0, 0.1) is 12.7 Å². The minimum Gasteiger partial charge on any atom is -0.288 e. The van der Waals surface area contributed by atoms with E-state index >= 15 is 0 Å². The van der Waals surface area contributed by atoms with Crippen molar-refractivity contribution >= 4 is 28.7 Å². The van der Waals surface area contributed by atoms with Gasteiger partial charge in [0, 0.05) is 5.56 Å². The fourth-order valence-corrected chi connectivity index (χ4v) is 2.37. The number of thiophene rings is 1. The molecule has 0 saturated carbocycles. The molecule has 1 heterocycles. The summed E-state index contributed by atoms with van der Waals surface area (Å²) in [5, 5.41) is 0. The average Bonchev–Trinajstić information content (AvgIpc) is 2.68. The first-order valence-corrected chi connectivity index (χ1v) is 5.83. The summed E-state index contributed by atoms with van der Waals surface area (Å²) in [6.45, 7) is 1.63. The molecule has 0 aliphatic carbocycles. The van der Waals surface area contributed by atoms with Crippen molar-refractivity contribution in [3.05, 3.63) is 56.5 Å². The first-order valence-electron chi connectivity index (χ1n) is 4.64. The number of hydrogen-bond acceptors (Lipinski definition) is 2. The van der Waals surface area contributed by atoms with Crippen molar-refractivity contribution in [3.63, 3.8) is 0 Å². The number of aryl methyl sites for hydroxylation is 1. The molecular weight excluding hydrogens is 247 g/mol. The van der Waals surface area contributed by atoms with Crippen LogP contribution in [0.15, 0.2) is 30.3 Å². The van der Waals surface area contributed by atoms with Crippen LogP contribution in [0.1, 0.15) is 20.8 Å². The molecule has 2 aromatic rings. The summed E-state index contributed by atoms with van der Waals surface area (Å²) < 4.78 is 13.6. The Kier molecular flexibility index (Phi) is 3.08. The molecular formula is C12H8ClFOS. The van der Waals surface area contributed by atoms with Gasteiger partial charge in [0.15, 0.2) is 0 Å². The first-order chi connectivity index (χ1) is 7.58. The van der Waals surface area contributed by atoms with Gasteiger partial charge in [-0.3, -0.25) is 4.79 Å². The van der Waals surface area contributed by atoms with Crippen LogP contribution in [-0.4, -0.2) is 5.78 Å². The average molecular weight is 255 g/mol. The lowest BCUT2D eigenvalue weighted by Gasteiger charge is -2.00. The van der Waals surface area contributed by atoms with Gasteiger partial charge < -0.3 is 0 Å². The van der Waals surface area contributed by atoms with Crippen LogP contribution < -0.4 is 0 Å². The molecule has 0 atom stereocenters. The highest BCUT2D eigenvalue weighted by atomic mass is 35.5. The Morgan fingerprint density at radius 3 is 2.62 bits per heavy atom. The summed E-state index contributed by atoms with van der Waals surface area (Å²) in [4.78, 5) is 12.5. The van der Waals surface area contributed by atoms with Gasteiger partial charge in [-0.1, -0.05) is 11.6 Å². The van der Waals surface area contributed by atoms with Gasteiger partial charge in [-0.25, -0.2) is 4.39 Å². The normalized spacial score (nSPS) is 10.4. The van der Waals surface area contributed by atoms with Gasteiger partial charge in [0.05, 0.1) is 9.21 Å². The molecule has 0 aliphatic rings. The second-order valence-corrected chi connectivity index (χ2v) is 5.11. The van der Waals surface area contributed by atoms with Crippen LogP contribution in [0.3, 0.4) is 0 Å². The number of benzene rings is 1. The Morgan fingerprint density at radius 1 is 1.31 bits per heavy atom. The standard InChI is InChI=1S/C12H8ClFOS/c1-7-6-8(2-3-9(7)14)12(15)10-4-5-11(13)16-10/h2-6H,1H3. The lowest BCUT2D eigenvalue weighted by molar-refractivity contribution is 0.104. The molecule has 0 N–H and O–H groups in total. The zero-order chi connectivity index (χ0) is 11.7. The van der Waals surface area contributed by atoms with Crippen LogP contribution in [0.5, 0.6) is 0 Å². The highest BCUT2D eigenvalue weighted by molar-refractivity contribution is 7.18. The highest BCUT2D eigenvalue weighted by Gasteiger charge is 2.12. The number of hydrogen-bond donors (Lipinski definition) is 0. The predicted octanol–water partition coefficient (Wildman–Crippen LogP) is 4.08. The van der Waals surface area contributed by atoms with Gasteiger partial charge in [0.25, 0.3) is 0 Å². The lowest BCUT2D eigenvalue weighted by Crippen LogP contribution is -1.99. The van der Waals surface area contributed by atoms with E-state index in [0.29, 0.717) is 20.3 Å². The maximum absolute atomic E-state index is 13.0. The van der Waals surface area contributed by atoms with Crippen molar-refractivity contribution in [2.24, 2.45) is 0 Å². The molecule has 0 amide bonds. The van der Waals surface area contributed by atoms with E-state index in [0.717, 1.165) is 0 Å². The fourth-order valence-electron chi connectivity index (χ4n) is 1.36. The predicted molar refractivity (Wildman–Crippen MR) is 63.9 cm³/mol. The van der Waals surface area contributed by atoms with Crippen molar-refractivity contribution < 1.29 is 9.18 Å². The van der Waals surface area contributed by atoms with Crippen molar-refractivity contribution in [3.8, 4) is 0 Å². The smallest absolute Gasteiger partial charge is 0.203 e. The lowest BCUT2D eigenvalue weighted by atomic mass is 10.1. The van der Waals surface area contributed by atoms with Crippen LogP contribution in [0.25, 0.3) is 0 Å². The van der Waals surface area contributed by atoms with E-state index in [9.17, 15) is 9.18 Å². The van der Waals surface area contributed by atoms with Crippen LogP contribution >= 0.6 is 22.9 Å². The summed E-state index contributed by atoms with van der Waals surface area (Å²) >= 11 is 6.98. The van der Waals surface area contributed by atoms with Gasteiger partial charge in [-0.05, 0) is 42.8 Å². The third kappa shape index (κ3) is 2.15. The van der Waals surface area contributed by atoms with E-state index < -0.39 is 0 Å². The summed E-state index contributed by atoms with van der Waals surface area (Å²) in [5.41, 5.74) is 0.950. The molecule has 1 aromatic heterocycles. The van der Waals surface area contributed by atoms with Crippen LogP contribution in [0.2, 0.25) is 4.34 Å². The van der Waals surface area contributed by atoms with E-state index in [1.54, 1.807) is 25.1 Å². The highest BCUT2D eigenvalue weighted by Crippen LogP contribution is 2.24. The molecule has 0 aliphatic heterocycles. The van der Waals surface area contributed by atoms with E-state index in [2.05, 4.69) is 0 Å². The Hall–Kier alpha value is -1.19. The first kappa shape index (κ1) is 11.3. The molecule has 0 fully saturated rings. The molecule has 1 aromatic carbocycles. The second kappa shape index (κ2) is 4.36. The zero-order valence-corrected chi connectivity index (χ0v) is 10.0. The summed E-state index contributed by atoms with van der Waals surface area (Å²) in [5.74, 6) is -0.430. The number of halogens is 2. The van der Waals surface area contributed by atoms with Gasteiger partial charge in [-0.15, -0.1) is 11.3 Å². The van der Waals surface area contributed by atoms with E-state index in [1.165, 1.54) is 23.5 Å². The largest absolute Gasteiger partial charge is 0.288 e. The maximum Gasteiger partial charge on any atom is 0.203 e. The van der Waals surface area contributed by atoms with E-state index in [-0.39, 0.29) is 11.6 Å². The Balaban J connectivity index is 2.38. The molecule has 0 radical (unpaired) electrons. The number of rotatable bonds is 2. The third-order valence-electron chi connectivity index (χ3n) is 2.22. The summed E-state index contributed by atoms with van der Waals surface area (Å²) in [6.07, 6.45) is 0. The number of carbonyl (C=O) groups is 1. The molecule has 16 heavy (non-hydrogen) atoms. The minimum absolute atomic E-state index is 0.125. The summed E-state index contributed by atoms with van der Waals surface area (Å²) in [6, 6.07) is 7.69. The topological polar surface area (TPSA) is 17.1 Å². The number of ketones is 1. The monoisotopic (exact) mass is 254 g/mol. The molecule has 0 bridgehead atoms. The minimum atomic E-state index is -0.305. The van der Waals surface area contributed by atoms with Crippen molar-refractivity contribution in [2.45, 2.75) is 6.92 Å². The second-order valence-electron chi connectivity index (χ2n) is 3.40. The van der Waals surface area contributed by atoms with Crippen molar-refractivity contribution in [1.82, 2.24) is 0 Å². The molecule has 1 nitrogen and oxygen atoms in total. The summed E-state index contributed by atoms with van der Waals surface area (Å²) in [7, 11) is 0. The molecule has 82 valence electrons. The van der Waals surface area contributed by atoms with E-state index in [4.69, 9.17) is 11.6 Å². The SMILES string of the molecule is Cc1cc(C(=O)c2ccc(Cl)s2)ccc1F. The van der Waals surface area contributed by atoms with Crippen LogP contribution in [0.4, 0.5) is 4.39 Å². The molecule has 4 heteroatoms. The molecule has 0 spiro atoms. The maximum atomic E-state index is 13.0. The zero-order valence-electron chi connectivity index (χ0n) is 8.46. The van der Waals surface area contributed by atoms with Gasteiger partial charge in [-0.2, -0.15) is 0 Å². The Labute approximate surface area is 101 Å². The third-order valence-corrected chi connectivity index (χ3v) is 3.45. The van der Waals surface area contributed by atoms with Crippen molar-refractivity contribution in [1.29, 1.82) is 0 Å². The van der Waals surface area contributed by atoms with Gasteiger partial charge >= 0.3 is 0 Å². The fraction of sp³-hybridized carbons (Fsp3) is 0.0833. The quantitative estimate of drug-likeness (QED) is 0.738. The van der Waals surface area contributed by atoms with Gasteiger partial charge in [0.2, 0.25) is 5.78 Å². The van der Waals surface area contributed by atoms with Crippen molar-refractivity contribution in [2.75, 3.05) is 0 Å². The number of carbonyl (C=O) groups excluding carboxylic acids is 1. The molecule has 0 unspecified atom stereocenters.